The van der Waals surface area contributed by atoms with Crippen LogP contribution in [0.25, 0.3) is 0 Å². The van der Waals surface area contributed by atoms with Crippen LogP contribution in [0.3, 0.4) is 0 Å². The molecule has 0 aromatic heterocycles. The fourth-order valence-electron chi connectivity index (χ4n) is 2.70. The molecule has 1 fully saturated rings. The Morgan fingerprint density at radius 2 is 1.95 bits per heavy atom. The van der Waals surface area contributed by atoms with Crippen LogP contribution in [-0.2, 0) is 11.3 Å². The van der Waals surface area contributed by atoms with Crippen molar-refractivity contribution >= 4 is 5.91 Å². The van der Waals surface area contributed by atoms with E-state index in [4.69, 9.17) is 5.73 Å². The van der Waals surface area contributed by atoms with Crippen molar-refractivity contribution in [2.24, 2.45) is 11.7 Å². The second-order valence-corrected chi connectivity index (χ2v) is 5.66. The number of nitrogens with two attached hydrogens (primary N) is 1. The van der Waals surface area contributed by atoms with Gasteiger partial charge in [0.2, 0.25) is 5.91 Å². The molecule has 0 spiro atoms. The van der Waals surface area contributed by atoms with E-state index in [1.54, 1.807) is 11.9 Å². The maximum absolute atomic E-state index is 12.2. The van der Waals surface area contributed by atoms with Gasteiger partial charge in [-0.1, -0.05) is 12.1 Å². The van der Waals surface area contributed by atoms with Gasteiger partial charge in [-0.2, -0.15) is 0 Å². The van der Waals surface area contributed by atoms with Crippen molar-refractivity contribution in [3.63, 3.8) is 0 Å². The Balaban J connectivity index is 1.91. The maximum atomic E-state index is 12.2. The van der Waals surface area contributed by atoms with Gasteiger partial charge in [-0.3, -0.25) is 4.79 Å². The van der Waals surface area contributed by atoms with Crippen LogP contribution in [0.4, 0.5) is 13.2 Å². The second kappa shape index (κ2) is 6.56. The number of amides is 1. The molecule has 1 saturated carbocycles. The third-order valence-corrected chi connectivity index (χ3v) is 3.78. The lowest BCUT2D eigenvalue weighted by molar-refractivity contribution is -0.274. The molecular weight excluding hydrogens is 297 g/mol. The van der Waals surface area contributed by atoms with Crippen molar-refractivity contribution in [1.29, 1.82) is 0 Å². The molecule has 1 aromatic carbocycles. The summed E-state index contributed by atoms with van der Waals surface area (Å²) >= 11 is 0. The van der Waals surface area contributed by atoms with Crippen molar-refractivity contribution in [1.82, 2.24) is 4.90 Å². The van der Waals surface area contributed by atoms with E-state index in [0.717, 1.165) is 18.4 Å². The Morgan fingerprint density at radius 1 is 1.32 bits per heavy atom. The number of carbonyl (C=O) groups excluding carboxylic acids is 1. The van der Waals surface area contributed by atoms with Crippen LogP contribution in [0, 0.1) is 5.92 Å². The first kappa shape index (κ1) is 16.6. The monoisotopic (exact) mass is 316 g/mol. The van der Waals surface area contributed by atoms with Crippen molar-refractivity contribution in [2.45, 2.75) is 38.2 Å². The number of ether oxygens (including phenoxy) is 1. The molecule has 0 aliphatic heterocycles. The van der Waals surface area contributed by atoms with E-state index in [1.807, 2.05) is 0 Å². The first-order valence-electron chi connectivity index (χ1n) is 7.10. The summed E-state index contributed by atoms with van der Waals surface area (Å²) in [6.45, 7) is 0.344. The van der Waals surface area contributed by atoms with Gasteiger partial charge in [0, 0.05) is 25.6 Å². The molecule has 1 aliphatic rings. The Kier molecular flexibility index (Phi) is 4.95. The molecule has 0 radical (unpaired) electrons. The molecule has 7 heteroatoms. The zero-order chi connectivity index (χ0) is 16.3. The van der Waals surface area contributed by atoms with Gasteiger partial charge in [0.05, 0.1) is 0 Å². The Bertz CT molecular complexity index is 517. The number of benzene rings is 1. The van der Waals surface area contributed by atoms with Crippen molar-refractivity contribution in [2.75, 3.05) is 7.05 Å². The zero-order valence-electron chi connectivity index (χ0n) is 12.3. The van der Waals surface area contributed by atoms with Crippen LogP contribution in [0.5, 0.6) is 5.75 Å². The highest BCUT2D eigenvalue weighted by molar-refractivity contribution is 5.79. The van der Waals surface area contributed by atoms with Gasteiger partial charge in [0.1, 0.15) is 5.75 Å². The quantitative estimate of drug-likeness (QED) is 0.929. The van der Waals surface area contributed by atoms with Crippen LogP contribution in [0.15, 0.2) is 24.3 Å². The topological polar surface area (TPSA) is 55.6 Å². The smallest absolute Gasteiger partial charge is 0.406 e. The maximum Gasteiger partial charge on any atom is 0.573 e. The average Bonchev–Trinajstić information content (AvgIpc) is 2.85. The first-order chi connectivity index (χ1) is 10.2. The van der Waals surface area contributed by atoms with Gasteiger partial charge in [-0.25, -0.2) is 0 Å². The molecule has 2 rings (SSSR count). The van der Waals surface area contributed by atoms with E-state index in [-0.39, 0.29) is 23.6 Å². The molecule has 0 heterocycles. The highest BCUT2D eigenvalue weighted by atomic mass is 19.4. The highest BCUT2D eigenvalue weighted by Crippen LogP contribution is 2.27. The number of hydrogen-bond donors (Lipinski definition) is 1. The molecule has 0 bridgehead atoms. The predicted molar refractivity (Wildman–Crippen MR) is 74.9 cm³/mol. The van der Waals surface area contributed by atoms with Crippen LogP contribution in [0.2, 0.25) is 0 Å². The van der Waals surface area contributed by atoms with Gasteiger partial charge in [-0.05, 0) is 37.0 Å². The fraction of sp³-hybridized carbons (Fsp3) is 0.533. The third kappa shape index (κ3) is 4.62. The molecular formula is C15H19F3N2O2. The van der Waals surface area contributed by atoms with Crippen molar-refractivity contribution in [3.05, 3.63) is 29.8 Å². The minimum atomic E-state index is -4.70. The number of halogens is 3. The van der Waals surface area contributed by atoms with Gasteiger partial charge >= 0.3 is 6.36 Å². The van der Waals surface area contributed by atoms with Crippen molar-refractivity contribution in [3.8, 4) is 5.75 Å². The molecule has 22 heavy (non-hydrogen) atoms. The summed E-state index contributed by atoms with van der Waals surface area (Å²) in [5, 5.41) is 0. The number of carbonyl (C=O) groups is 1. The zero-order valence-corrected chi connectivity index (χ0v) is 12.3. The van der Waals surface area contributed by atoms with Crippen molar-refractivity contribution < 1.29 is 22.7 Å². The molecule has 4 nitrogen and oxygen atoms in total. The summed E-state index contributed by atoms with van der Waals surface area (Å²) < 4.78 is 40.0. The second-order valence-electron chi connectivity index (χ2n) is 5.66. The molecule has 1 aliphatic carbocycles. The normalized spacial score (nSPS) is 21.7. The highest BCUT2D eigenvalue weighted by Gasteiger charge is 2.31. The Hall–Kier alpha value is -1.76. The molecule has 0 saturated heterocycles. The number of hydrogen-bond acceptors (Lipinski definition) is 3. The Labute approximate surface area is 127 Å². The molecule has 122 valence electrons. The largest absolute Gasteiger partial charge is 0.573 e. The molecule has 1 amide bonds. The number of nitrogens with zero attached hydrogens (tertiary/aromatic N) is 1. The van der Waals surface area contributed by atoms with Gasteiger partial charge in [-0.15, -0.1) is 13.2 Å². The lowest BCUT2D eigenvalue weighted by Gasteiger charge is -2.21. The predicted octanol–water partition coefficient (Wildman–Crippen LogP) is 2.67. The summed E-state index contributed by atoms with van der Waals surface area (Å²) in [4.78, 5) is 13.8. The van der Waals surface area contributed by atoms with Crippen LogP contribution in [-0.4, -0.2) is 30.3 Å². The van der Waals surface area contributed by atoms with E-state index < -0.39 is 6.36 Å². The van der Waals surface area contributed by atoms with Crippen LogP contribution < -0.4 is 10.5 Å². The van der Waals surface area contributed by atoms with E-state index in [1.165, 1.54) is 24.3 Å². The molecule has 1 aromatic rings. The van der Waals surface area contributed by atoms with E-state index in [9.17, 15) is 18.0 Å². The molecule has 2 unspecified atom stereocenters. The van der Waals surface area contributed by atoms with Crippen LogP contribution in [0.1, 0.15) is 24.8 Å². The van der Waals surface area contributed by atoms with Gasteiger partial charge in [0.25, 0.3) is 0 Å². The van der Waals surface area contributed by atoms with Gasteiger partial charge in [0.15, 0.2) is 0 Å². The first-order valence-corrected chi connectivity index (χ1v) is 7.10. The summed E-state index contributed by atoms with van der Waals surface area (Å²) in [7, 11) is 1.69. The minimum Gasteiger partial charge on any atom is -0.406 e. The van der Waals surface area contributed by atoms with Crippen LogP contribution >= 0.6 is 0 Å². The molecule has 2 N–H and O–H groups in total. The fourth-order valence-corrected chi connectivity index (χ4v) is 2.70. The minimum absolute atomic E-state index is 0.0311. The SMILES string of the molecule is CN(Cc1ccc(OC(F)(F)F)cc1)C(=O)C1CCC(N)C1. The summed E-state index contributed by atoms with van der Waals surface area (Å²) in [5.41, 5.74) is 6.55. The average molecular weight is 316 g/mol. The third-order valence-electron chi connectivity index (χ3n) is 3.78. The lowest BCUT2D eigenvalue weighted by Crippen LogP contribution is -2.32. The van der Waals surface area contributed by atoms with E-state index in [0.29, 0.717) is 13.0 Å². The number of alkyl halides is 3. The summed E-state index contributed by atoms with van der Waals surface area (Å²) in [5.74, 6) is -0.289. The number of rotatable bonds is 4. The standard InChI is InChI=1S/C15H19F3N2O2/c1-20(14(21)11-4-5-12(19)8-11)9-10-2-6-13(7-3-10)22-15(16,17)18/h2-3,6-7,11-12H,4-5,8-9,19H2,1H3. The summed E-state index contributed by atoms with van der Waals surface area (Å²) in [6, 6.07) is 5.61. The molecule has 2 atom stereocenters. The lowest BCUT2D eigenvalue weighted by atomic mass is 10.1. The van der Waals surface area contributed by atoms with E-state index in [2.05, 4.69) is 4.74 Å². The van der Waals surface area contributed by atoms with Gasteiger partial charge < -0.3 is 15.4 Å². The van der Waals surface area contributed by atoms with E-state index >= 15 is 0 Å². The Morgan fingerprint density at radius 3 is 2.45 bits per heavy atom. The summed E-state index contributed by atoms with van der Waals surface area (Å²) in [6.07, 6.45) is -2.35.